The van der Waals surface area contributed by atoms with Gasteiger partial charge in [0.05, 0.1) is 12.0 Å². The molecule has 0 aliphatic heterocycles. The van der Waals surface area contributed by atoms with Crippen LogP contribution < -0.4 is 14.8 Å². The predicted octanol–water partition coefficient (Wildman–Crippen LogP) is 3.71. The zero-order chi connectivity index (χ0) is 23.0. The van der Waals surface area contributed by atoms with Gasteiger partial charge in [0.15, 0.2) is 18.1 Å². The van der Waals surface area contributed by atoms with E-state index < -0.39 is 30.0 Å². The molecule has 0 radical (unpaired) electrons. The summed E-state index contributed by atoms with van der Waals surface area (Å²) in [6, 6.07) is 8.21. The Morgan fingerprint density at radius 1 is 1.19 bits per heavy atom. The number of hydrogen-bond donors (Lipinski definition) is 1. The second kappa shape index (κ2) is 10.7. The molecule has 0 bridgehead atoms. The Morgan fingerprint density at radius 2 is 1.94 bits per heavy atom. The Hall–Kier alpha value is -4.02. The number of alkyl halides is 2. The molecule has 1 amide bonds. The van der Waals surface area contributed by atoms with E-state index in [-0.39, 0.29) is 22.9 Å². The number of hydrogen-bond acceptors (Lipinski definition) is 7. The number of nitro groups is 1. The van der Waals surface area contributed by atoms with Crippen molar-refractivity contribution < 1.29 is 37.5 Å². The molecule has 1 N–H and O–H groups in total. The van der Waals surface area contributed by atoms with Gasteiger partial charge in [0.25, 0.3) is 11.6 Å². The second-order valence-corrected chi connectivity index (χ2v) is 6.04. The number of ether oxygens (including phenoxy) is 3. The van der Waals surface area contributed by atoms with Crippen LogP contribution in [0.5, 0.6) is 11.5 Å². The van der Waals surface area contributed by atoms with E-state index >= 15 is 0 Å². The van der Waals surface area contributed by atoms with E-state index in [1.54, 1.807) is 6.92 Å². The van der Waals surface area contributed by atoms with Crippen molar-refractivity contribution in [3.05, 3.63) is 63.7 Å². The summed E-state index contributed by atoms with van der Waals surface area (Å²) in [5.74, 6) is -1.64. The van der Waals surface area contributed by atoms with E-state index in [2.05, 4.69) is 10.1 Å². The summed E-state index contributed by atoms with van der Waals surface area (Å²) in [6.45, 7) is -2.07. The van der Waals surface area contributed by atoms with Gasteiger partial charge in [-0.25, -0.2) is 4.79 Å². The number of nitro benzene ring substituents is 1. The molecule has 0 spiro atoms. The number of anilines is 1. The van der Waals surface area contributed by atoms with Gasteiger partial charge >= 0.3 is 12.6 Å². The average molecular weight is 436 g/mol. The number of nitrogens with zero attached hydrogens (tertiary/aromatic N) is 1. The fraction of sp³-hybridized carbons (Fsp3) is 0.200. The Bertz CT molecular complexity index is 1010. The highest BCUT2D eigenvalue weighted by atomic mass is 19.3. The molecule has 164 valence electrons. The first-order valence-electron chi connectivity index (χ1n) is 8.72. The molecule has 0 saturated heterocycles. The third-order valence-corrected chi connectivity index (χ3v) is 3.85. The number of halogens is 2. The van der Waals surface area contributed by atoms with Gasteiger partial charge in [-0.15, -0.1) is 0 Å². The molecule has 0 atom stereocenters. The van der Waals surface area contributed by atoms with Crippen LogP contribution in [0, 0.1) is 17.0 Å². The number of aryl methyl sites for hydroxylation is 1. The molecule has 2 rings (SSSR count). The zero-order valence-electron chi connectivity index (χ0n) is 16.5. The molecule has 11 heteroatoms. The van der Waals surface area contributed by atoms with Gasteiger partial charge in [-0.2, -0.15) is 8.78 Å². The van der Waals surface area contributed by atoms with Crippen LogP contribution in [0.25, 0.3) is 6.08 Å². The van der Waals surface area contributed by atoms with Crippen molar-refractivity contribution in [1.29, 1.82) is 0 Å². The highest BCUT2D eigenvalue weighted by molar-refractivity contribution is 5.95. The number of methoxy groups -OCH3 is 1. The minimum Gasteiger partial charge on any atom is -0.493 e. The van der Waals surface area contributed by atoms with Crippen LogP contribution in [-0.2, 0) is 14.3 Å². The number of amides is 1. The molecule has 0 fully saturated rings. The first-order valence-corrected chi connectivity index (χ1v) is 8.72. The van der Waals surface area contributed by atoms with E-state index in [0.29, 0.717) is 11.1 Å². The third-order valence-electron chi connectivity index (χ3n) is 3.85. The summed E-state index contributed by atoms with van der Waals surface area (Å²) in [5.41, 5.74) is 0.905. The van der Waals surface area contributed by atoms with Crippen LogP contribution in [0.4, 0.5) is 20.2 Å². The van der Waals surface area contributed by atoms with Crippen molar-refractivity contribution in [2.45, 2.75) is 13.5 Å². The molecule has 0 heterocycles. The summed E-state index contributed by atoms with van der Waals surface area (Å²) in [7, 11) is 1.27. The van der Waals surface area contributed by atoms with Crippen LogP contribution in [0.15, 0.2) is 42.5 Å². The van der Waals surface area contributed by atoms with E-state index in [4.69, 9.17) is 9.47 Å². The standard InChI is InChI=1S/C20H18F2N2O7/c1-12-3-6-14(10-15(12)24(27)28)23-18(25)11-30-19(26)8-5-13-4-7-16(31-20(21)22)17(9-13)29-2/h3-10,20H,11H2,1-2H3,(H,23,25)/b8-5+. The van der Waals surface area contributed by atoms with Crippen molar-refractivity contribution in [3.63, 3.8) is 0 Å². The van der Waals surface area contributed by atoms with Crippen LogP contribution in [0.3, 0.4) is 0 Å². The van der Waals surface area contributed by atoms with Crippen molar-refractivity contribution in [2.75, 3.05) is 19.0 Å². The van der Waals surface area contributed by atoms with E-state index in [0.717, 1.165) is 6.08 Å². The van der Waals surface area contributed by atoms with Crippen LogP contribution in [-0.4, -0.2) is 37.1 Å². The number of carbonyl (C=O) groups excluding carboxylic acids is 2. The summed E-state index contributed by atoms with van der Waals surface area (Å²) in [5, 5.41) is 13.3. The minimum absolute atomic E-state index is 0.0439. The lowest BCUT2D eigenvalue weighted by molar-refractivity contribution is -0.385. The summed E-state index contributed by atoms with van der Waals surface area (Å²) in [4.78, 5) is 34.1. The lowest BCUT2D eigenvalue weighted by atomic mass is 10.2. The summed E-state index contributed by atoms with van der Waals surface area (Å²) in [6.07, 6.45) is 2.37. The maximum atomic E-state index is 12.3. The smallest absolute Gasteiger partial charge is 0.387 e. The predicted molar refractivity (Wildman–Crippen MR) is 106 cm³/mol. The molecule has 0 unspecified atom stereocenters. The van der Waals surface area contributed by atoms with Crippen molar-refractivity contribution in [1.82, 2.24) is 0 Å². The highest BCUT2D eigenvalue weighted by Crippen LogP contribution is 2.29. The van der Waals surface area contributed by atoms with E-state index in [1.807, 2.05) is 0 Å². The number of carbonyl (C=O) groups is 2. The Labute approximate surface area is 175 Å². The fourth-order valence-electron chi connectivity index (χ4n) is 2.41. The molecular weight excluding hydrogens is 418 g/mol. The largest absolute Gasteiger partial charge is 0.493 e. The molecule has 0 aromatic heterocycles. The van der Waals surface area contributed by atoms with Gasteiger partial charge < -0.3 is 19.5 Å². The Balaban J connectivity index is 1.91. The van der Waals surface area contributed by atoms with Crippen LogP contribution >= 0.6 is 0 Å². The monoisotopic (exact) mass is 436 g/mol. The molecule has 9 nitrogen and oxygen atoms in total. The molecule has 0 aliphatic rings. The Morgan fingerprint density at radius 3 is 2.58 bits per heavy atom. The molecule has 31 heavy (non-hydrogen) atoms. The zero-order valence-corrected chi connectivity index (χ0v) is 16.5. The minimum atomic E-state index is -3.01. The maximum absolute atomic E-state index is 12.3. The lowest BCUT2D eigenvalue weighted by Gasteiger charge is -2.10. The van der Waals surface area contributed by atoms with Gasteiger partial charge in [0, 0.05) is 23.4 Å². The lowest BCUT2D eigenvalue weighted by Crippen LogP contribution is -2.20. The van der Waals surface area contributed by atoms with E-state index in [9.17, 15) is 28.5 Å². The molecule has 2 aromatic rings. The molecule has 0 saturated carbocycles. The van der Waals surface area contributed by atoms with Crippen LogP contribution in [0.2, 0.25) is 0 Å². The van der Waals surface area contributed by atoms with Gasteiger partial charge in [0.2, 0.25) is 0 Å². The van der Waals surface area contributed by atoms with Crippen molar-refractivity contribution >= 4 is 29.3 Å². The molecule has 2 aromatic carbocycles. The van der Waals surface area contributed by atoms with Gasteiger partial charge in [-0.3, -0.25) is 14.9 Å². The fourth-order valence-corrected chi connectivity index (χ4v) is 2.41. The number of nitrogens with one attached hydrogen (secondary N) is 1. The molecular formula is C20H18F2N2O7. The molecule has 0 aliphatic carbocycles. The van der Waals surface area contributed by atoms with Gasteiger partial charge in [-0.1, -0.05) is 12.1 Å². The van der Waals surface area contributed by atoms with Crippen molar-refractivity contribution in [2.24, 2.45) is 0 Å². The highest BCUT2D eigenvalue weighted by Gasteiger charge is 2.13. The van der Waals surface area contributed by atoms with Gasteiger partial charge in [0.1, 0.15) is 0 Å². The topological polar surface area (TPSA) is 117 Å². The van der Waals surface area contributed by atoms with Crippen LogP contribution in [0.1, 0.15) is 11.1 Å². The average Bonchev–Trinajstić information content (AvgIpc) is 2.72. The second-order valence-electron chi connectivity index (χ2n) is 6.04. The SMILES string of the molecule is COc1cc(/C=C/C(=O)OCC(=O)Nc2ccc(C)c([N+](=O)[O-])c2)ccc1OC(F)F. The maximum Gasteiger partial charge on any atom is 0.387 e. The first-order chi connectivity index (χ1) is 14.7. The number of rotatable bonds is 9. The van der Waals surface area contributed by atoms with E-state index in [1.165, 1.54) is 49.6 Å². The van der Waals surface area contributed by atoms with Crippen molar-refractivity contribution in [3.8, 4) is 11.5 Å². The Kier molecular flexibility index (Phi) is 8.01. The number of benzene rings is 2. The first kappa shape index (κ1) is 23.3. The summed E-state index contributed by atoms with van der Waals surface area (Å²) >= 11 is 0. The normalized spacial score (nSPS) is 10.7. The third kappa shape index (κ3) is 7.07. The van der Waals surface area contributed by atoms with Gasteiger partial charge in [-0.05, 0) is 36.8 Å². The number of esters is 1. The quantitative estimate of drug-likeness (QED) is 0.276. The summed E-state index contributed by atoms with van der Waals surface area (Å²) < 4.78 is 38.7.